The summed E-state index contributed by atoms with van der Waals surface area (Å²) in [7, 11) is 1.94. The van der Waals surface area contributed by atoms with E-state index in [-0.39, 0.29) is 36.5 Å². The van der Waals surface area contributed by atoms with Gasteiger partial charge in [-0.1, -0.05) is 58.0 Å². The van der Waals surface area contributed by atoms with Gasteiger partial charge in [0, 0.05) is 55.0 Å². The van der Waals surface area contributed by atoms with E-state index >= 15 is 0 Å². The van der Waals surface area contributed by atoms with Crippen molar-refractivity contribution in [2.45, 2.75) is 153 Å². The van der Waals surface area contributed by atoms with E-state index in [2.05, 4.69) is 15.6 Å². The molecule has 7 N–H and O–H groups in total. The monoisotopic (exact) mass is 815 g/mol. The Morgan fingerprint density at radius 2 is 1.50 bits per heavy atom. The van der Waals surface area contributed by atoms with E-state index in [1.54, 1.807) is 27.0 Å². The van der Waals surface area contributed by atoms with Gasteiger partial charge in [0.05, 0.1) is 42.7 Å². The molecule has 17 atom stereocenters. The molecule has 2 saturated heterocycles. The predicted molar refractivity (Wildman–Crippen MR) is 208 cm³/mol. The molecule has 4 heterocycles. The van der Waals surface area contributed by atoms with E-state index in [1.807, 2.05) is 55.9 Å². The van der Waals surface area contributed by atoms with Gasteiger partial charge in [-0.15, -0.1) is 5.10 Å². The van der Waals surface area contributed by atoms with Gasteiger partial charge in [-0.2, -0.15) is 0 Å². The summed E-state index contributed by atoms with van der Waals surface area (Å²) < 4.78 is 27.8. The molecule has 3 fully saturated rings. The highest BCUT2D eigenvalue weighted by molar-refractivity contribution is 5.90. The second-order valence-electron chi connectivity index (χ2n) is 16.9. The van der Waals surface area contributed by atoms with E-state index < -0.39 is 91.5 Å². The molecule has 58 heavy (non-hydrogen) atoms. The van der Waals surface area contributed by atoms with Crippen LogP contribution in [0.15, 0.2) is 36.7 Å². The van der Waals surface area contributed by atoms with Crippen LogP contribution in [0, 0.1) is 23.7 Å². The molecule has 322 valence electrons. The summed E-state index contributed by atoms with van der Waals surface area (Å²) in [6.07, 6.45) is -8.83. The minimum Gasteiger partial charge on any atom is -0.390 e. The van der Waals surface area contributed by atoms with Crippen molar-refractivity contribution in [2.24, 2.45) is 30.7 Å². The fourth-order valence-electron chi connectivity index (χ4n) is 8.74. The van der Waals surface area contributed by atoms with E-state index in [0.29, 0.717) is 25.0 Å². The van der Waals surface area contributed by atoms with Gasteiger partial charge in [-0.05, 0) is 43.2 Å². The van der Waals surface area contributed by atoms with E-state index in [0.717, 1.165) is 16.5 Å². The number of aliphatic hydroxyl groups excluding tert-OH is 6. The van der Waals surface area contributed by atoms with Crippen molar-refractivity contribution in [3.05, 3.63) is 47.9 Å². The maximum absolute atomic E-state index is 13.3. The molecule has 3 aromatic rings. The van der Waals surface area contributed by atoms with Crippen molar-refractivity contribution in [1.29, 1.82) is 0 Å². The number of nitrogens with one attached hydrogen (secondary N) is 1. The number of fused-ring (bicyclic) bond motifs is 1. The van der Waals surface area contributed by atoms with Crippen LogP contribution >= 0.6 is 0 Å². The Morgan fingerprint density at radius 1 is 0.862 bits per heavy atom. The second-order valence-corrected chi connectivity index (χ2v) is 16.9. The number of amides is 1. The molecule has 2 aromatic heterocycles. The summed E-state index contributed by atoms with van der Waals surface area (Å²) in [5, 5.41) is 77.7. The first kappa shape index (κ1) is 44.2. The largest absolute Gasteiger partial charge is 0.390 e. The van der Waals surface area contributed by atoms with Crippen LogP contribution in [0.5, 0.6) is 0 Å². The topological polar surface area (TPSA) is 240 Å². The van der Waals surface area contributed by atoms with Crippen LogP contribution in [-0.2, 0) is 55.0 Å². The lowest BCUT2D eigenvalue weighted by Crippen LogP contribution is -2.62. The standard InChI is InChI=1S/C41H61N5O12/c1-8-29-33(50)34(51)35(52)41(55-29)58-38-20(3)13-19(2)37(36(38)53)57-40-32(49)22(5)31(48)30(56-40)18-46-17-25(43-44-46)14-21(4)39(54)42-27(23(6)47)15-24-16-45(7)28-12-10-9-11-26(24)28/h9-12,16-17,19-22,27,29-38,40-41,48-53H,8,13-15,18H2,1-7H3,(H,42,54)/t19-,20+,21?,22+,27?,29?,30?,31-,32?,33+,34?,35?,36?,37-,38?,40+,41+/m1/s1. The molecule has 1 aromatic carbocycles. The molecule has 0 bridgehead atoms. The first-order valence-electron chi connectivity index (χ1n) is 20.4. The summed E-state index contributed by atoms with van der Waals surface area (Å²) in [5.74, 6) is -2.10. The Bertz CT molecular complexity index is 1850. The van der Waals surface area contributed by atoms with Crippen molar-refractivity contribution in [1.82, 2.24) is 24.9 Å². The second kappa shape index (κ2) is 18.5. The van der Waals surface area contributed by atoms with Crippen LogP contribution in [0.4, 0.5) is 0 Å². The summed E-state index contributed by atoms with van der Waals surface area (Å²) in [6.45, 7) is 10.5. The molecule has 17 heteroatoms. The van der Waals surface area contributed by atoms with Gasteiger partial charge in [-0.25, -0.2) is 4.68 Å². The molecule has 1 aliphatic carbocycles. The van der Waals surface area contributed by atoms with Gasteiger partial charge in [0.25, 0.3) is 0 Å². The van der Waals surface area contributed by atoms with Crippen LogP contribution < -0.4 is 5.32 Å². The minimum absolute atomic E-state index is 0.0400. The number of hydrogen-bond donors (Lipinski definition) is 7. The Kier molecular flexibility index (Phi) is 14.1. The lowest BCUT2D eigenvalue weighted by atomic mass is 9.77. The summed E-state index contributed by atoms with van der Waals surface area (Å²) in [5.41, 5.74) is 2.52. The van der Waals surface area contributed by atoms with Crippen LogP contribution in [0.1, 0.15) is 65.6 Å². The number of Topliss-reactive ketones (excluding diaryl/α,β-unsaturated/α-hetero) is 1. The lowest BCUT2D eigenvalue weighted by molar-refractivity contribution is -0.341. The molecule has 0 spiro atoms. The van der Waals surface area contributed by atoms with Crippen molar-refractivity contribution in [2.75, 3.05) is 0 Å². The quantitative estimate of drug-likeness (QED) is 0.116. The number of ketones is 1. The first-order valence-corrected chi connectivity index (χ1v) is 20.4. The molecule has 6 rings (SSSR count). The number of hydrogen-bond acceptors (Lipinski definition) is 14. The first-order chi connectivity index (χ1) is 27.5. The molecule has 1 amide bonds. The van der Waals surface area contributed by atoms with Crippen LogP contribution in [-0.4, -0.2) is 142 Å². The molecule has 0 radical (unpaired) electrons. The third-order valence-corrected chi connectivity index (χ3v) is 12.4. The number of carbonyl (C=O) groups is 2. The number of aliphatic hydroxyl groups is 6. The number of rotatable bonds is 14. The van der Waals surface area contributed by atoms with Gasteiger partial charge in [0.2, 0.25) is 5.91 Å². The number of para-hydroxylation sites is 1. The van der Waals surface area contributed by atoms with Crippen molar-refractivity contribution in [3.8, 4) is 0 Å². The summed E-state index contributed by atoms with van der Waals surface area (Å²) in [4.78, 5) is 26.0. The van der Waals surface area contributed by atoms with E-state index in [1.165, 1.54) is 11.6 Å². The number of benzene rings is 1. The van der Waals surface area contributed by atoms with Crippen molar-refractivity contribution < 1.29 is 59.2 Å². The summed E-state index contributed by atoms with van der Waals surface area (Å²) >= 11 is 0. The molecule has 17 nitrogen and oxygen atoms in total. The van der Waals surface area contributed by atoms with Crippen LogP contribution in [0.3, 0.4) is 0 Å². The highest BCUT2D eigenvalue weighted by Gasteiger charge is 2.51. The third kappa shape index (κ3) is 9.33. The lowest BCUT2D eigenvalue weighted by Gasteiger charge is -2.48. The Hall–Kier alpha value is -3.36. The molecular formula is C41H61N5O12. The number of aromatic nitrogens is 4. The maximum atomic E-state index is 13.3. The zero-order valence-corrected chi connectivity index (χ0v) is 34.2. The predicted octanol–water partition coefficient (Wildman–Crippen LogP) is 0.373. The number of carbonyl (C=O) groups excluding carboxylic acids is 2. The zero-order valence-electron chi connectivity index (χ0n) is 34.2. The van der Waals surface area contributed by atoms with Gasteiger partial charge >= 0.3 is 0 Å². The average molecular weight is 816 g/mol. The van der Waals surface area contributed by atoms with E-state index in [4.69, 9.17) is 18.9 Å². The molecular weight excluding hydrogens is 754 g/mol. The minimum atomic E-state index is -1.55. The third-order valence-electron chi connectivity index (χ3n) is 12.4. The fraction of sp³-hybridized carbons (Fsp3) is 0.707. The maximum Gasteiger partial charge on any atom is 0.223 e. The van der Waals surface area contributed by atoms with Crippen LogP contribution in [0.2, 0.25) is 0 Å². The van der Waals surface area contributed by atoms with Crippen LogP contribution in [0.25, 0.3) is 10.9 Å². The normalized spacial score (nSPS) is 36.7. The Balaban J connectivity index is 1.06. The number of ether oxygens (including phenoxy) is 4. The molecule has 2 aliphatic heterocycles. The fourth-order valence-corrected chi connectivity index (χ4v) is 8.74. The van der Waals surface area contributed by atoms with Crippen molar-refractivity contribution >= 4 is 22.6 Å². The SMILES string of the molecule is CCC1O[C@@H](OC2C(O)[C@H](O[C@@H]3OC(Cn4cc(CC(C)C(=O)NC(Cc5cn(C)c6ccccc56)C(C)=O)nn4)[C@H](O)[C@H](C)C3O)[C@H](C)C[C@@H]2C)C(O)C(O)[C@H]1O. The number of aryl methyl sites for hydroxylation is 1. The van der Waals surface area contributed by atoms with Gasteiger partial charge in [0.1, 0.15) is 36.6 Å². The highest BCUT2D eigenvalue weighted by Crippen LogP contribution is 2.38. The van der Waals surface area contributed by atoms with Gasteiger partial charge < -0.3 is 59.5 Å². The van der Waals surface area contributed by atoms with Crippen molar-refractivity contribution in [3.63, 3.8) is 0 Å². The Labute approximate surface area is 338 Å². The number of nitrogens with zero attached hydrogens (tertiary/aromatic N) is 4. The highest BCUT2D eigenvalue weighted by atomic mass is 16.7. The molecule has 3 aliphatic rings. The Morgan fingerprint density at radius 3 is 2.16 bits per heavy atom. The van der Waals surface area contributed by atoms with E-state index in [9.17, 15) is 40.2 Å². The average Bonchev–Trinajstić information content (AvgIpc) is 3.77. The zero-order chi connectivity index (χ0) is 42.2. The van der Waals surface area contributed by atoms with Gasteiger partial charge in [-0.3, -0.25) is 9.59 Å². The molecule has 1 saturated carbocycles. The van der Waals surface area contributed by atoms with Gasteiger partial charge in [0.15, 0.2) is 18.4 Å². The molecule has 9 unspecified atom stereocenters. The smallest absolute Gasteiger partial charge is 0.223 e. The summed E-state index contributed by atoms with van der Waals surface area (Å²) in [6, 6.07) is 7.20.